The Bertz CT molecular complexity index is 728. The molecule has 2 fully saturated rings. The van der Waals surface area contributed by atoms with E-state index in [2.05, 4.69) is 30.8 Å². The Morgan fingerprint density at radius 2 is 1.96 bits per heavy atom. The third-order valence-corrected chi connectivity index (χ3v) is 6.07. The first kappa shape index (κ1) is 16.9. The maximum Gasteiger partial charge on any atom is 0.267 e. The van der Waals surface area contributed by atoms with Crippen LogP contribution < -0.4 is 0 Å². The predicted octanol–water partition coefficient (Wildman–Crippen LogP) is 4.26. The Balaban J connectivity index is 1.46. The summed E-state index contributed by atoms with van der Waals surface area (Å²) in [6.07, 6.45) is 3.41. The standard InChI is InChI=1S/C20H25ClN2O2/c1-19(2)9-15-10-20(3,11-19)12-23(15)18(24)17-8-16(22-25-17)13-4-6-14(21)7-5-13/h4-7,15,17H,8-12H2,1-3H3. The molecule has 0 N–H and O–H groups in total. The lowest BCUT2D eigenvalue weighted by atomic mass is 9.65. The van der Waals surface area contributed by atoms with Gasteiger partial charge in [-0.3, -0.25) is 4.79 Å². The van der Waals surface area contributed by atoms with Gasteiger partial charge in [0.1, 0.15) is 0 Å². The Morgan fingerprint density at radius 3 is 2.68 bits per heavy atom. The molecule has 134 valence electrons. The molecule has 1 saturated carbocycles. The molecule has 2 bridgehead atoms. The van der Waals surface area contributed by atoms with Gasteiger partial charge in [0, 0.05) is 24.0 Å². The molecule has 0 radical (unpaired) electrons. The van der Waals surface area contributed by atoms with Crippen LogP contribution in [0.5, 0.6) is 0 Å². The monoisotopic (exact) mass is 360 g/mol. The molecule has 3 aliphatic rings. The molecule has 5 heteroatoms. The fraction of sp³-hybridized carbons (Fsp3) is 0.600. The van der Waals surface area contributed by atoms with Crippen molar-refractivity contribution >= 4 is 23.2 Å². The zero-order chi connectivity index (χ0) is 17.8. The maximum absolute atomic E-state index is 13.1. The van der Waals surface area contributed by atoms with Crippen molar-refractivity contribution < 1.29 is 9.63 Å². The van der Waals surface area contributed by atoms with Crippen LogP contribution >= 0.6 is 11.6 Å². The van der Waals surface area contributed by atoms with Crippen LogP contribution in [0.3, 0.4) is 0 Å². The molecule has 0 aromatic heterocycles. The van der Waals surface area contributed by atoms with Crippen LogP contribution in [0.15, 0.2) is 29.4 Å². The third-order valence-electron chi connectivity index (χ3n) is 5.82. The van der Waals surface area contributed by atoms with Gasteiger partial charge in [0.25, 0.3) is 5.91 Å². The van der Waals surface area contributed by atoms with E-state index in [1.54, 1.807) is 0 Å². The molecule has 1 aromatic rings. The second-order valence-corrected chi connectivity index (χ2v) is 9.46. The van der Waals surface area contributed by atoms with Crippen LogP contribution in [0, 0.1) is 10.8 Å². The highest BCUT2D eigenvalue weighted by Crippen LogP contribution is 2.52. The summed E-state index contributed by atoms with van der Waals surface area (Å²) in [5.74, 6) is 0.0964. The molecule has 1 aliphatic carbocycles. The minimum atomic E-state index is -0.489. The third kappa shape index (κ3) is 3.17. The van der Waals surface area contributed by atoms with Gasteiger partial charge in [-0.15, -0.1) is 0 Å². The molecule has 2 heterocycles. The second-order valence-electron chi connectivity index (χ2n) is 9.02. The Labute approximate surface area is 154 Å². The normalized spacial score (nSPS) is 33.1. The molecule has 4 rings (SSSR count). The van der Waals surface area contributed by atoms with E-state index in [9.17, 15) is 4.79 Å². The number of amides is 1. The van der Waals surface area contributed by atoms with Crippen molar-refractivity contribution in [3.63, 3.8) is 0 Å². The molecule has 25 heavy (non-hydrogen) atoms. The molecular weight excluding hydrogens is 336 g/mol. The fourth-order valence-corrected chi connectivity index (χ4v) is 5.35. The van der Waals surface area contributed by atoms with Gasteiger partial charge in [-0.1, -0.05) is 49.7 Å². The molecule has 3 unspecified atom stereocenters. The minimum Gasteiger partial charge on any atom is -0.382 e. The first-order valence-corrected chi connectivity index (χ1v) is 9.42. The number of likely N-dealkylation sites (tertiary alicyclic amines) is 1. The van der Waals surface area contributed by atoms with Crippen molar-refractivity contribution in [2.24, 2.45) is 16.0 Å². The molecule has 3 atom stereocenters. The summed E-state index contributed by atoms with van der Waals surface area (Å²) in [7, 11) is 0. The Kier molecular flexibility index (Phi) is 3.87. The zero-order valence-electron chi connectivity index (χ0n) is 15.1. The van der Waals surface area contributed by atoms with Crippen molar-refractivity contribution in [2.45, 2.75) is 58.6 Å². The number of hydrogen-bond acceptors (Lipinski definition) is 3. The highest BCUT2D eigenvalue weighted by Gasteiger charge is 2.52. The summed E-state index contributed by atoms with van der Waals surface area (Å²) in [4.78, 5) is 20.7. The van der Waals surface area contributed by atoms with E-state index in [1.165, 1.54) is 6.42 Å². The lowest BCUT2D eigenvalue weighted by Gasteiger charge is -2.39. The van der Waals surface area contributed by atoms with Crippen molar-refractivity contribution in [1.29, 1.82) is 0 Å². The highest BCUT2D eigenvalue weighted by molar-refractivity contribution is 6.30. The van der Waals surface area contributed by atoms with Crippen LogP contribution in [0.2, 0.25) is 5.02 Å². The SMILES string of the molecule is CC1(C)CC2CC(C)(CN2C(=O)C2CC(c3ccc(Cl)cc3)=NO2)C1. The summed E-state index contributed by atoms with van der Waals surface area (Å²) in [5, 5.41) is 4.86. The lowest BCUT2D eigenvalue weighted by Crippen LogP contribution is -2.43. The number of hydrogen-bond donors (Lipinski definition) is 0. The van der Waals surface area contributed by atoms with Gasteiger partial charge in [-0.2, -0.15) is 0 Å². The van der Waals surface area contributed by atoms with Crippen molar-refractivity contribution in [1.82, 2.24) is 4.90 Å². The number of benzene rings is 1. The van der Waals surface area contributed by atoms with E-state index >= 15 is 0 Å². The number of rotatable bonds is 2. The van der Waals surface area contributed by atoms with Crippen LogP contribution in [-0.2, 0) is 9.63 Å². The summed E-state index contributed by atoms with van der Waals surface area (Å²) >= 11 is 5.94. The molecule has 1 amide bonds. The quantitative estimate of drug-likeness (QED) is 0.790. The average molecular weight is 361 g/mol. The lowest BCUT2D eigenvalue weighted by molar-refractivity contribution is -0.143. The number of carbonyl (C=O) groups excluding carboxylic acids is 1. The Hall–Kier alpha value is -1.55. The van der Waals surface area contributed by atoms with E-state index in [0.29, 0.717) is 22.9 Å². The summed E-state index contributed by atoms with van der Waals surface area (Å²) in [5.41, 5.74) is 2.33. The largest absolute Gasteiger partial charge is 0.382 e. The minimum absolute atomic E-state index is 0.0964. The predicted molar refractivity (Wildman–Crippen MR) is 98.7 cm³/mol. The average Bonchev–Trinajstić information content (AvgIpc) is 3.09. The van der Waals surface area contributed by atoms with Crippen LogP contribution in [-0.4, -0.2) is 35.2 Å². The topological polar surface area (TPSA) is 41.9 Å². The van der Waals surface area contributed by atoms with Gasteiger partial charge in [-0.25, -0.2) is 0 Å². The summed E-state index contributed by atoms with van der Waals surface area (Å²) in [6.45, 7) is 7.80. The van der Waals surface area contributed by atoms with Gasteiger partial charge in [-0.05, 0) is 47.8 Å². The van der Waals surface area contributed by atoms with E-state index in [0.717, 1.165) is 30.7 Å². The number of carbonyl (C=O) groups is 1. The molecule has 1 saturated heterocycles. The van der Waals surface area contributed by atoms with Gasteiger partial charge >= 0.3 is 0 Å². The van der Waals surface area contributed by atoms with E-state index in [1.807, 2.05) is 24.3 Å². The van der Waals surface area contributed by atoms with Gasteiger partial charge in [0.05, 0.1) is 5.71 Å². The molecule has 1 aromatic carbocycles. The van der Waals surface area contributed by atoms with Crippen molar-refractivity contribution in [2.75, 3.05) is 6.54 Å². The molecular formula is C20H25ClN2O2. The smallest absolute Gasteiger partial charge is 0.267 e. The Morgan fingerprint density at radius 1 is 1.24 bits per heavy atom. The van der Waals surface area contributed by atoms with Crippen LogP contribution in [0.4, 0.5) is 0 Å². The zero-order valence-corrected chi connectivity index (χ0v) is 15.8. The molecule has 0 spiro atoms. The highest BCUT2D eigenvalue weighted by atomic mass is 35.5. The number of nitrogens with zero attached hydrogens (tertiary/aromatic N) is 2. The van der Waals surface area contributed by atoms with Crippen molar-refractivity contribution in [3.05, 3.63) is 34.9 Å². The van der Waals surface area contributed by atoms with E-state index in [-0.39, 0.29) is 11.3 Å². The first-order chi connectivity index (χ1) is 11.7. The summed E-state index contributed by atoms with van der Waals surface area (Å²) in [6, 6.07) is 7.85. The van der Waals surface area contributed by atoms with Gasteiger partial charge in [0.2, 0.25) is 6.10 Å². The van der Waals surface area contributed by atoms with Crippen LogP contribution in [0.25, 0.3) is 0 Å². The maximum atomic E-state index is 13.1. The van der Waals surface area contributed by atoms with Gasteiger partial charge in [0.15, 0.2) is 0 Å². The summed E-state index contributed by atoms with van der Waals surface area (Å²) < 4.78 is 0. The van der Waals surface area contributed by atoms with E-state index < -0.39 is 6.10 Å². The number of oxime groups is 1. The van der Waals surface area contributed by atoms with E-state index in [4.69, 9.17) is 16.4 Å². The first-order valence-electron chi connectivity index (χ1n) is 9.04. The fourth-order valence-electron chi connectivity index (χ4n) is 5.23. The van der Waals surface area contributed by atoms with Crippen molar-refractivity contribution in [3.8, 4) is 0 Å². The molecule has 4 nitrogen and oxygen atoms in total. The second kappa shape index (κ2) is 5.73. The number of halogens is 1. The van der Waals surface area contributed by atoms with Crippen LogP contribution in [0.1, 0.15) is 52.0 Å². The molecule has 2 aliphatic heterocycles. The number of fused-ring (bicyclic) bond motifs is 2. The van der Waals surface area contributed by atoms with Gasteiger partial charge < -0.3 is 9.74 Å².